The largest absolute Gasteiger partial charge is 0.457 e. The fourth-order valence-corrected chi connectivity index (χ4v) is 5.66. The summed E-state index contributed by atoms with van der Waals surface area (Å²) in [7, 11) is 0. The first-order valence-electron chi connectivity index (χ1n) is 10.9. The van der Waals surface area contributed by atoms with Crippen LogP contribution in [0.2, 0.25) is 0 Å². The van der Waals surface area contributed by atoms with Crippen LogP contribution >= 0.6 is 0 Å². The summed E-state index contributed by atoms with van der Waals surface area (Å²) in [5.74, 6) is 3.72. The number of ether oxygens (including phenoxy) is 2. The Balaban J connectivity index is 1.52. The summed E-state index contributed by atoms with van der Waals surface area (Å²) in [6.07, 6.45) is 0. The second kappa shape index (κ2) is 5.71. The van der Waals surface area contributed by atoms with Crippen molar-refractivity contribution in [3.8, 4) is 23.0 Å². The van der Waals surface area contributed by atoms with E-state index >= 15 is 0 Å². The minimum Gasteiger partial charge on any atom is -0.457 e. The van der Waals surface area contributed by atoms with Gasteiger partial charge < -0.3 is 14.4 Å². The Morgan fingerprint density at radius 2 is 0.969 bits per heavy atom. The van der Waals surface area contributed by atoms with E-state index in [0.29, 0.717) is 0 Å². The molecule has 0 amide bonds. The third-order valence-electron chi connectivity index (χ3n) is 6.91. The average molecular weight is 411 g/mol. The molecule has 3 aliphatic heterocycles. The molecule has 5 aromatic carbocycles. The standard InChI is InChI=1S/C29H17NO2/c1-2-9-18-17(7-1)8-3-10-19(18)30-20-11-4-13-22-26(20)29-27-21(30)12-5-14-23(27)32-25-16-6-15-24(31-22)28(25)29/h1-16,29H. The molecule has 0 atom stereocenters. The van der Waals surface area contributed by atoms with E-state index < -0.39 is 0 Å². The normalized spacial score (nSPS) is 14.6. The summed E-state index contributed by atoms with van der Waals surface area (Å²) in [4.78, 5) is 2.38. The predicted octanol–water partition coefficient (Wildman–Crippen LogP) is 8.01. The van der Waals surface area contributed by atoms with E-state index in [9.17, 15) is 0 Å². The lowest BCUT2D eigenvalue weighted by Gasteiger charge is -2.44. The Hall–Kier alpha value is -4.24. The van der Waals surface area contributed by atoms with Gasteiger partial charge in [-0.1, -0.05) is 54.6 Å². The summed E-state index contributed by atoms with van der Waals surface area (Å²) in [5, 5.41) is 2.44. The number of hydrogen-bond donors (Lipinski definition) is 0. The Morgan fingerprint density at radius 1 is 0.469 bits per heavy atom. The smallest absolute Gasteiger partial charge is 0.135 e. The van der Waals surface area contributed by atoms with Crippen molar-refractivity contribution in [1.82, 2.24) is 0 Å². The SMILES string of the molecule is c1cc2c3c(c1)Oc1cccc4c1C3c1c(cccc1N4c1cccc3ccccc13)O2. The van der Waals surface area contributed by atoms with E-state index in [1.807, 2.05) is 18.2 Å². The fraction of sp³-hybridized carbons (Fsp3) is 0.0345. The van der Waals surface area contributed by atoms with Gasteiger partial charge in [-0.2, -0.15) is 0 Å². The highest BCUT2D eigenvalue weighted by atomic mass is 16.5. The zero-order valence-corrected chi connectivity index (χ0v) is 17.1. The molecule has 0 saturated heterocycles. The molecule has 3 heterocycles. The molecule has 3 heteroatoms. The second-order valence-corrected chi connectivity index (χ2v) is 8.52. The number of nitrogens with zero attached hydrogens (tertiary/aromatic N) is 1. The predicted molar refractivity (Wildman–Crippen MR) is 126 cm³/mol. The number of rotatable bonds is 1. The fourth-order valence-electron chi connectivity index (χ4n) is 5.66. The lowest BCUT2D eigenvalue weighted by molar-refractivity contribution is 0.409. The molecule has 0 aliphatic carbocycles. The van der Waals surface area contributed by atoms with Crippen LogP contribution < -0.4 is 14.4 Å². The van der Waals surface area contributed by atoms with Crippen LogP contribution in [0, 0.1) is 0 Å². The Bertz CT molecular complexity index is 1520. The molecule has 0 bridgehead atoms. The maximum atomic E-state index is 6.41. The molecule has 0 fully saturated rings. The first kappa shape index (κ1) is 16.5. The summed E-state index contributed by atoms with van der Waals surface area (Å²) < 4.78 is 12.8. The van der Waals surface area contributed by atoms with Crippen LogP contribution in [0.25, 0.3) is 10.8 Å². The molecule has 5 aromatic rings. The summed E-state index contributed by atoms with van der Waals surface area (Å²) in [5.41, 5.74) is 7.04. The number of hydrogen-bond acceptors (Lipinski definition) is 3. The molecule has 150 valence electrons. The maximum Gasteiger partial charge on any atom is 0.135 e. The minimum atomic E-state index is 0.104. The highest BCUT2D eigenvalue weighted by Crippen LogP contribution is 2.64. The van der Waals surface area contributed by atoms with E-state index in [1.165, 1.54) is 21.9 Å². The highest BCUT2D eigenvalue weighted by molar-refractivity contribution is 6.02. The average Bonchev–Trinajstić information content (AvgIpc) is 2.84. The van der Waals surface area contributed by atoms with E-state index in [0.717, 1.165) is 45.6 Å². The van der Waals surface area contributed by atoms with E-state index in [-0.39, 0.29) is 5.92 Å². The second-order valence-electron chi connectivity index (χ2n) is 8.52. The topological polar surface area (TPSA) is 21.7 Å². The van der Waals surface area contributed by atoms with Crippen molar-refractivity contribution >= 4 is 27.8 Å². The van der Waals surface area contributed by atoms with Crippen LogP contribution in [-0.2, 0) is 0 Å². The van der Waals surface area contributed by atoms with Gasteiger partial charge in [-0.3, -0.25) is 0 Å². The van der Waals surface area contributed by atoms with Gasteiger partial charge in [0.15, 0.2) is 0 Å². The summed E-state index contributed by atoms with van der Waals surface area (Å²) in [6, 6.07) is 33.9. The molecular weight excluding hydrogens is 394 g/mol. The molecule has 0 saturated carbocycles. The molecular formula is C29H17NO2. The highest BCUT2D eigenvalue weighted by Gasteiger charge is 2.44. The number of fused-ring (bicyclic) bond motifs is 1. The van der Waals surface area contributed by atoms with Gasteiger partial charge in [0.1, 0.15) is 23.0 Å². The van der Waals surface area contributed by atoms with Crippen LogP contribution in [0.5, 0.6) is 23.0 Å². The van der Waals surface area contributed by atoms with Gasteiger partial charge in [-0.15, -0.1) is 0 Å². The number of benzene rings is 5. The summed E-state index contributed by atoms with van der Waals surface area (Å²) in [6.45, 7) is 0. The van der Waals surface area contributed by atoms with Crippen molar-refractivity contribution in [1.29, 1.82) is 0 Å². The molecule has 3 aliphatic rings. The molecule has 3 nitrogen and oxygen atoms in total. The monoisotopic (exact) mass is 411 g/mol. The maximum absolute atomic E-state index is 6.41. The molecule has 0 radical (unpaired) electrons. The molecule has 0 aromatic heterocycles. The van der Waals surface area contributed by atoms with Crippen molar-refractivity contribution in [2.24, 2.45) is 0 Å². The first-order chi connectivity index (χ1) is 15.9. The minimum absolute atomic E-state index is 0.104. The van der Waals surface area contributed by atoms with E-state index in [2.05, 4.69) is 83.8 Å². The van der Waals surface area contributed by atoms with Crippen molar-refractivity contribution in [2.75, 3.05) is 4.90 Å². The Morgan fingerprint density at radius 3 is 1.66 bits per heavy atom. The molecule has 0 unspecified atom stereocenters. The van der Waals surface area contributed by atoms with Crippen molar-refractivity contribution in [3.05, 3.63) is 114 Å². The van der Waals surface area contributed by atoms with Crippen molar-refractivity contribution in [2.45, 2.75) is 5.92 Å². The van der Waals surface area contributed by atoms with E-state index in [1.54, 1.807) is 0 Å². The molecule has 0 spiro atoms. The third kappa shape index (κ3) is 1.92. The van der Waals surface area contributed by atoms with Crippen molar-refractivity contribution < 1.29 is 9.47 Å². The zero-order valence-electron chi connectivity index (χ0n) is 17.1. The van der Waals surface area contributed by atoms with Gasteiger partial charge in [0.05, 0.1) is 23.0 Å². The van der Waals surface area contributed by atoms with Gasteiger partial charge in [-0.05, 0) is 47.9 Å². The molecule has 8 rings (SSSR count). The van der Waals surface area contributed by atoms with Crippen LogP contribution in [0.3, 0.4) is 0 Å². The van der Waals surface area contributed by atoms with Crippen molar-refractivity contribution in [3.63, 3.8) is 0 Å². The van der Waals surface area contributed by atoms with Crippen LogP contribution in [0.4, 0.5) is 17.1 Å². The molecule has 32 heavy (non-hydrogen) atoms. The van der Waals surface area contributed by atoms with Gasteiger partial charge in [0.25, 0.3) is 0 Å². The van der Waals surface area contributed by atoms with Crippen LogP contribution in [0.15, 0.2) is 97.1 Å². The van der Waals surface area contributed by atoms with Gasteiger partial charge in [0, 0.05) is 22.1 Å². The van der Waals surface area contributed by atoms with Gasteiger partial charge in [0.2, 0.25) is 0 Å². The van der Waals surface area contributed by atoms with Gasteiger partial charge >= 0.3 is 0 Å². The Labute approximate surface area is 185 Å². The summed E-state index contributed by atoms with van der Waals surface area (Å²) >= 11 is 0. The van der Waals surface area contributed by atoms with Crippen LogP contribution in [0.1, 0.15) is 22.6 Å². The van der Waals surface area contributed by atoms with Crippen LogP contribution in [-0.4, -0.2) is 0 Å². The lowest BCUT2D eigenvalue weighted by Crippen LogP contribution is -2.27. The zero-order chi connectivity index (χ0) is 20.8. The quantitative estimate of drug-likeness (QED) is 0.273. The first-order valence-corrected chi connectivity index (χ1v) is 10.9. The lowest BCUT2D eigenvalue weighted by atomic mass is 9.76. The van der Waals surface area contributed by atoms with E-state index in [4.69, 9.17) is 9.47 Å². The molecule has 0 N–H and O–H groups in total. The van der Waals surface area contributed by atoms with Gasteiger partial charge in [-0.25, -0.2) is 0 Å². The Kier molecular flexibility index (Phi) is 2.94. The third-order valence-corrected chi connectivity index (χ3v) is 6.91. The number of anilines is 3.